The highest BCUT2D eigenvalue weighted by molar-refractivity contribution is 5.70. The zero-order valence-corrected chi connectivity index (χ0v) is 8.60. The molecule has 78 valence electrons. The summed E-state index contributed by atoms with van der Waals surface area (Å²) in [6, 6.07) is 0. The number of hydrogen-bond acceptors (Lipinski definition) is 3. The van der Waals surface area contributed by atoms with Crippen LogP contribution >= 0.6 is 0 Å². The van der Waals surface area contributed by atoms with E-state index in [0.717, 1.165) is 6.42 Å². The molecule has 1 fully saturated rings. The van der Waals surface area contributed by atoms with Crippen LogP contribution in [0.15, 0.2) is 12.2 Å². The highest BCUT2D eigenvalue weighted by Gasteiger charge is 2.37. The molecule has 3 nitrogen and oxygen atoms in total. The van der Waals surface area contributed by atoms with Gasteiger partial charge in [-0.05, 0) is 20.3 Å². The van der Waals surface area contributed by atoms with Crippen LogP contribution in [0.4, 0.5) is 0 Å². The number of rotatable bonds is 3. The van der Waals surface area contributed by atoms with Crippen molar-refractivity contribution in [2.24, 2.45) is 5.92 Å². The predicted molar refractivity (Wildman–Crippen MR) is 51.8 cm³/mol. The van der Waals surface area contributed by atoms with Crippen molar-refractivity contribution in [3.8, 4) is 0 Å². The Labute approximate surface area is 84.1 Å². The van der Waals surface area contributed by atoms with Crippen molar-refractivity contribution in [2.75, 3.05) is 0 Å². The van der Waals surface area contributed by atoms with Crippen molar-refractivity contribution in [1.82, 2.24) is 0 Å². The number of hydrogen-bond donors (Lipinski definition) is 0. The normalized spacial score (nSPS) is 34.1. The molecule has 0 radical (unpaired) electrons. The summed E-state index contributed by atoms with van der Waals surface area (Å²) in [6.45, 7) is 3.74. The fraction of sp³-hybridized carbons (Fsp3) is 0.727. The van der Waals surface area contributed by atoms with Crippen LogP contribution in [0.5, 0.6) is 0 Å². The Bertz CT molecular complexity index is 257. The van der Waals surface area contributed by atoms with E-state index in [0.29, 0.717) is 12.3 Å². The lowest BCUT2D eigenvalue weighted by molar-refractivity contribution is -0.148. The fourth-order valence-electron chi connectivity index (χ4n) is 2.09. The lowest BCUT2D eigenvalue weighted by atomic mass is 9.91. The van der Waals surface area contributed by atoms with E-state index in [1.807, 2.05) is 13.8 Å². The standard InChI is InChI=1S/C11H16O3/c1-7(2)13-11(12)6-8-5-9-3-4-10(8)14-9/h3-4,7-10H,5-6H2,1-2H3. The van der Waals surface area contributed by atoms with Gasteiger partial charge in [0.25, 0.3) is 0 Å². The highest BCUT2D eigenvalue weighted by atomic mass is 16.5. The van der Waals surface area contributed by atoms with E-state index in [-0.39, 0.29) is 24.3 Å². The molecule has 0 amide bonds. The molecule has 14 heavy (non-hydrogen) atoms. The van der Waals surface area contributed by atoms with Gasteiger partial charge < -0.3 is 9.47 Å². The number of esters is 1. The largest absolute Gasteiger partial charge is 0.463 e. The van der Waals surface area contributed by atoms with Gasteiger partial charge >= 0.3 is 5.97 Å². The number of fused-ring (bicyclic) bond motifs is 2. The van der Waals surface area contributed by atoms with Gasteiger partial charge in [0, 0.05) is 5.92 Å². The summed E-state index contributed by atoms with van der Waals surface area (Å²) >= 11 is 0. The van der Waals surface area contributed by atoms with Crippen LogP contribution in [-0.4, -0.2) is 24.3 Å². The molecule has 2 bridgehead atoms. The van der Waals surface area contributed by atoms with Crippen molar-refractivity contribution in [3.63, 3.8) is 0 Å². The van der Waals surface area contributed by atoms with Gasteiger partial charge in [-0.25, -0.2) is 0 Å². The first-order chi connectivity index (χ1) is 6.65. The van der Waals surface area contributed by atoms with E-state index in [2.05, 4.69) is 12.2 Å². The zero-order valence-electron chi connectivity index (χ0n) is 8.60. The van der Waals surface area contributed by atoms with Crippen LogP contribution < -0.4 is 0 Å². The summed E-state index contributed by atoms with van der Waals surface area (Å²) in [4.78, 5) is 11.4. The van der Waals surface area contributed by atoms with E-state index in [1.54, 1.807) is 0 Å². The monoisotopic (exact) mass is 196 g/mol. The van der Waals surface area contributed by atoms with E-state index in [9.17, 15) is 4.79 Å². The second-order valence-corrected chi connectivity index (χ2v) is 4.26. The van der Waals surface area contributed by atoms with Gasteiger partial charge in [-0.1, -0.05) is 12.2 Å². The van der Waals surface area contributed by atoms with E-state index in [1.165, 1.54) is 0 Å². The van der Waals surface area contributed by atoms with Crippen LogP contribution in [0.3, 0.4) is 0 Å². The molecule has 3 heteroatoms. The molecule has 3 unspecified atom stereocenters. The molecule has 0 spiro atoms. The average molecular weight is 196 g/mol. The summed E-state index contributed by atoms with van der Waals surface area (Å²) < 4.78 is 10.7. The molecule has 2 rings (SSSR count). The Morgan fingerprint density at radius 1 is 1.57 bits per heavy atom. The van der Waals surface area contributed by atoms with Crippen LogP contribution in [0.2, 0.25) is 0 Å². The van der Waals surface area contributed by atoms with E-state index >= 15 is 0 Å². The Kier molecular flexibility index (Phi) is 2.59. The first kappa shape index (κ1) is 9.71. The molecule has 0 aliphatic carbocycles. The van der Waals surface area contributed by atoms with Crippen molar-refractivity contribution < 1.29 is 14.3 Å². The summed E-state index contributed by atoms with van der Waals surface area (Å²) in [5.41, 5.74) is 0. The molecular formula is C11H16O3. The Morgan fingerprint density at radius 2 is 2.36 bits per heavy atom. The smallest absolute Gasteiger partial charge is 0.306 e. The van der Waals surface area contributed by atoms with Crippen LogP contribution in [0.1, 0.15) is 26.7 Å². The van der Waals surface area contributed by atoms with Gasteiger partial charge in [0.15, 0.2) is 0 Å². The molecule has 1 saturated heterocycles. The number of ether oxygens (including phenoxy) is 2. The van der Waals surface area contributed by atoms with Gasteiger partial charge in [0.05, 0.1) is 24.7 Å². The Morgan fingerprint density at radius 3 is 2.86 bits per heavy atom. The molecule has 3 atom stereocenters. The minimum atomic E-state index is -0.102. The van der Waals surface area contributed by atoms with Crippen LogP contribution in [0.25, 0.3) is 0 Å². The van der Waals surface area contributed by atoms with E-state index < -0.39 is 0 Å². The molecule has 0 N–H and O–H groups in total. The quantitative estimate of drug-likeness (QED) is 0.509. The highest BCUT2D eigenvalue weighted by Crippen LogP contribution is 2.35. The maximum atomic E-state index is 11.4. The number of carbonyl (C=O) groups is 1. The predicted octanol–water partition coefficient (Wildman–Crippen LogP) is 1.67. The SMILES string of the molecule is CC(C)OC(=O)CC1CC2C=CC1O2. The zero-order chi connectivity index (χ0) is 10.1. The molecule has 0 saturated carbocycles. The van der Waals surface area contributed by atoms with Crippen molar-refractivity contribution in [1.29, 1.82) is 0 Å². The Balaban J connectivity index is 1.81. The molecule has 0 aromatic rings. The second kappa shape index (κ2) is 3.73. The van der Waals surface area contributed by atoms with Gasteiger partial charge in [-0.3, -0.25) is 4.79 Å². The molecular weight excluding hydrogens is 180 g/mol. The second-order valence-electron chi connectivity index (χ2n) is 4.26. The fourth-order valence-corrected chi connectivity index (χ4v) is 2.09. The lowest BCUT2D eigenvalue weighted by Gasteiger charge is -2.15. The summed E-state index contributed by atoms with van der Waals surface area (Å²) in [5.74, 6) is 0.228. The maximum Gasteiger partial charge on any atom is 0.306 e. The van der Waals surface area contributed by atoms with Crippen molar-refractivity contribution >= 4 is 5.97 Å². The first-order valence-corrected chi connectivity index (χ1v) is 5.18. The van der Waals surface area contributed by atoms with Gasteiger partial charge in [-0.2, -0.15) is 0 Å². The molecule has 2 heterocycles. The van der Waals surface area contributed by atoms with Crippen molar-refractivity contribution in [3.05, 3.63) is 12.2 Å². The van der Waals surface area contributed by atoms with E-state index in [4.69, 9.17) is 9.47 Å². The van der Waals surface area contributed by atoms with Gasteiger partial charge in [-0.15, -0.1) is 0 Å². The number of carbonyl (C=O) groups excluding carboxylic acids is 1. The summed E-state index contributed by atoms with van der Waals surface area (Å²) in [6.07, 6.45) is 5.98. The van der Waals surface area contributed by atoms with Gasteiger partial charge in [0.2, 0.25) is 0 Å². The minimum absolute atomic E-state index is 0.0162. The third kappa shape index (κ3) is 1.98. The third-order valence-electron chi connectivity index (χ3n) is 2.64. The molecule has 2 aliphatic heterocycles. The lowest BCUT2D eigenvalue weighted by Crippen LogP contribution is -2.20. The topological polar surface area (TPSA) is 35.5 Å². The summed E-state index contributed by atoms with van der Waals surface area (Å²) in [5, 5.41) is 0. The maximum absolute atomic E-state index is 11.4. The van der Waals surface area contributed by atoms with Crippen molar-refractivity contribution in [2.45, 2.75) is 45.0 Å². The van der Waals surface area contributed by atoms with Gasteiger partial charge in [0.1, 0.15) is 0 Å². The van der Waals surface area contributed by atoms with Crippen LogP contribution in [0, 0.1) is 5.92 Å². The first-order valence-electron chi connectivity index (χ1n) is 5.18. The molecule has 0 aromatic carbocycles. The molecule has 0 aromatic heterocycles. The summed E-state index contributed by atoms with van der Waals surface area (Å²) in [7, 11) is 0. The molecule has 2 aliphatic rings. The van der Waals surface area contributed by atoms with Crippen LogP contribution in [-0.2, 0) is 14.3 Å². The minimum Gasteiger partial charge on any atom is -0.463 e. The third-order valence-corrected chi connectivity index (χ3v) is 2.64. The Hall–Kier alpha value is -0.830. The average Bonchev–Trinajstić information content (AvgIpc) is 2.62.